The van der Waals surface area contributed by atoms with Gasteiger partial charge in [0.15, 0.2) is 5.78 Å². The van der Waals surface area contributed by atoms with Crippen LogP contribution in [-0.2, 0) is 12.8 Å². The Balaban J connectivity index is 1.61. The van der Waals surface area contributed by atoms with E-state index in [0.29, 0.717) is 11.1 Å². The lowest BCUT2D eigenvalue weighted by atomic mass is 10.0. The molecule has 1 heterocycles. The van der Waals surface area contributed by atoms with Crippen LogP contribution in [0, 0.1) is 11.3 Å². The van der Waals surface area contributed by atoms with Crippen LogP contribution in [0.25, 0.3) is 10.9 Å². The number of aromatic amines is 1. The molecule has 0 aliphatic rings. The van der Waals surface area contributed by atoms with Crippen molar-refractivity contribution in [2.24, 2.45) is 0 Å². The molecule has 3 aromatic rings. The molecule has 5 nitrogen and oxygen atoms in total. The van der Waals surface area contributed by atoms with Gasteiger partial charge < -0.3 is 15.4 Å². The van der Waals surface area contributed by atoms with Gasteiger partial charge in [-0.2, -0.15) is 5.26 Å². The fourth-order valence-corrected chi connectivity index (χ4v) is 3.06. The van der Waals surface area contributed by atoms with Gasteiger partial charge in [-0.1, -0.05) is 18.2 Å². The second kappa shape index (κ2) is 7.85. The van der Waals surface area contributed by atoms with Gasteiger partial charge in [0, 0.05) is 34.3 Å². The molecule has 0 saturated heterocycles. The molecule has 1 aromatic heterocycles. The molecule has 26 heavy (non-hydrogen) atoms. The first-order chi connectivity index (χ1) is 12.6. The quantitative estimate of drug-likeness (QED) is 0.572. The monoisotopic (exact) mass is 347 g/mol. The van der Waals surface area contributed by atoms with E-state index < -0.39 is 0 Å². The summed E-state index contributed by atoms with van der Waals surface area (Å²) in [7, 11) is 0. The summed E-state index contributed by atoms with van der Waals surface area (Å²) in [4.78, 5) is 15.7. The standard InChI is InChI=1S/C21H21N3O2/c1-14(10-17-12-24-19-5-3-2-4-18(17)19)23-13-21(26)15-6-7-20(25)16(11-15)8-9-22/h2-7,11-12,14,23-25H,8,10,13H2,1H3. The van der Waals surface area contributed by atoms with E-state index in [9.17, 15) is 9.90 Å². The highest BCUT2D eigenvalue weighted by Crippen LogP contribution is 2.20. The number of benzene rings is 2. The van der Waals surface area contributed by atoms with Crippen LogP contribution in [0.4, 0.5) is 0 Å². The van der Waals surface area contributed by atoms with Gasteiger partial charge in [0.2, 0.25) is 0 Å². The third-order valence-electron chi connectivity index (χ3n) is 4.48. The number of aromatic hydroxyl groups is 1. The second-order valence-corrected chi connectivity index (χ2v) is 6.45. The Kier molecular flexibility index (Phi) is 5.35. The van der Waals surface area contributed by atoms with Crippen LogP contribution in [0.5, 0.6) is 5.75 Å². The average Bonchev–Trinajstić information content (AvgIpc) is 3.05. The van der Waals surface area contributed by atoms with Crippen molar-refractivity contribution in [2.75, 3.05) is 6.54 Å². The zero-order valence-corrected chi connectivity index (χ0v) is 14.6. The molecule has 3 rings (SSSR count). The van der Waals surface area contributed by atoms with Crippen LogP contribution in [0.15, 0.2) is 48.7 Å². The molecule has 3 N–H and O–H groups in total. The smallest absolute Gasteiger partial charge is 0.176 e. The maximum atomic E-state index is 12.4. The fourth-order valence-electron chi connectivity index (χ4n) is 3.06. The normalized spacial score (nSPS) is 12.0. The van der Waals surface area contributed by atoms with Gasteiger partial charge in [-0.3, -0.25) is 4.79 Å². The average molecular weight is 347 g/mol. The first kappa shape index (κ1) is 17.7. The predicted octanol–water partition coefficient (Wildman–Crippen LogP) is 3.34. The number of nitrogens with one attached hydrogen (secondary N) is 2. The summed E-state index contributed by atoms with van der Waals surface area (Å²) in [5, 5.41) is 23.0. The second-order valence-electron chi connectivity index (χ2n) is 6.45. The number of H-pyrrole nitrogens is 1. The summed E-state index contributed by atoms with van der Waals surface area (Å²) in [6, 6.07) is 14.9. The van der Waals surface area contributed by atoms with Crippen molar-refractivity contribution < 1.29 is 9.90 Å². The number of carbonyl (C=O) groups is 1. The number of hydrogen-bond acceptors (Lipinski definition) is 4. The van der Waals surface area contributed by atoms with E-state index in [-0.39, 0.29) is 30.5 Å². The largest absolute Gasteiger partial charge is 0.508 e. The molecule has 0 aliphatic carbocycles. The minimum Gasteiger partial charge on any atom is -0.508 e. The third-order valence-corrected chi connectivity index (χ3v) is 4.48. The summed E-state index contributed by atoms with van der Waals surface area (Å²) in [5.41, 5.74) is 3.30. The van der Waals surface area contributed by atoms with Crippen LogP contribution in [-0.4, -0.2) is 28.5 Å². The Bertz CT molecular complexity index is 969. The SMILES string of the molecule is CC(Cc1c[nH]c2ccccc12)NCC(=O)c1ccc(O)c(CC#N)c1. The highest BCUT2D eigenvalue weighted by Gasteiger charge is 2.12. The fraction of sp³-hybridized carbons (Fsp3) is 0.238. The van der Waals surface area contributed by atoms with E-state index in [1.54, 1.807) is 12.1 Å². The first-order valence-corrected chi connectivity index (χ1v) is 8.59. The number of phenols is 1. The number of carbonyl (C=O) groups excluding carboxylic acids is 1. The Labute approximate surface area is 152 Å². The van der Waals surface area contributed by atoms with Gasteiger partial charge >= 0.3 is 0 Å². The number of para-hydroxylation sites is 1. The molecule has 1 unspecified atom stereocenters. The third kappa shape index (κ3) is 3.93. The van der Waals surface area contributed by atoms with Gasteiger partial charge in [-0.15, -0.1) is 0 Å². The number of hydrogen-bond donors (Lipinski definition) is 3. The number of aromatic nitrogens is 1. The van der Waals surface area contributed by atoms with Gasteiger partial charge in [0.1, 0.15) is 5.75 Å². The van der Waals surface area contributed by atoms with Crippen molar-refractivity contribution in [3.63, 3.8) is 0 Å². The molecular formula is C21H21N3O2. The Morgan fingerprint density at radius 1 is 1.27 bits per heavy atom. The number of phenolic OH excluding ortho intramolecular Hbond substituents is 1. The number of Topliss-reactive ketones (excluding diaryl/α,β-unsaturated/α-hetero) is 1. The Morgan fingerprint density at radius 3 is 2.88 bits per heavy atom. The van der Waals surface area contributed by atoms with Crippen molar-refractivity contribution in [3.05, 3.63) is 65.4 Å². The number of nitriles is 1. The highest BCUT2D eigenvalue weighted by atomic mass is 16.3. The zero-order valence-electron chi connectivity index (χ0n) is 14.6. The Morgan fingerprint density at radius 2 is 2.08 bits per heavy atom. The van der Waals surface area contributed by atoms with Gasteiger partial charge in [0.25, 0.3) is 0 Å². The lowest BCUT2D eigenvalue weighted by molar-refractivity contribution is 0.0987. The molecule has 0 fully saturated rings. The van der Waals surface area contributed by atoms with E-state index >= 15 is 0 Å². The van der Waals surface area contributed by atoms with Crippen molar-refractivity contribution in [1.82, 2.24) is 10.3 Å². The van der Waals surface area contributed by atoms with Crippen molar-refractivity contribution in [1.29, 1.82) is 5.26 Å². The molecule has 0 spiro atoms. The zero-order chi connectivity index (χ0) is 18.5. The summed E-state index contributed by atoms with van der Waals surface area (Å²) >= 11 is 0. The van der Waals surface area contributed by atoms with E-state index in [2.05, 4.69) is 16.4 Å². The lowest BCUT2D eigenvalue weighted by Gasteiger charge is -2.13. The van der Waals surface area contributed by atoms with Crippen LogP contribution >= 0.6 is 0 Å². The molecule has 0 aliphatic heterocycles. The molecule has 0 saturated carbocycles. The van der Waals surface area contributed by atoms with E-state index in [4.69, 9.17) is 5.26 Å². The number of ketones is 1. The molecule has 0 amide bonds. The molecular weight excluding hydrogens is 326 g/mol. The van der Waals surface area contributed by atoms with Crippen LogP contribution < -0.4 is 5.32 Å². The summed E-state index contributed by atoms with van der Waals surface area (Å²) in [6.07, 6.45) is 2.91. The van der Waals surface area contributed by atoms with Crippen LogP contribution in [0.1, 0.15) is 28.4 Å². The number of nitrogens with zero attached hydrogens (tertiary/aromatic N) is 1. The van der Waals surface area contributed by atoms with Crippen molar-refractivity contribution in [3.8, 4) is 11.8 Å². The predicted molar refractivity (Wildman–Crippen MR) is 101 cm³/mol. The molecule has 1 atom stereocenters. The molecule has 5 heteroatoms. The molecule has 0 radical (unpaired) electrons. The van der Waals surface area contributed by atoms with Gasteiger partial charge in [-0.05, 0) is 43.2 Å². The van der Waals surface area contributed by atoms with Crippen molar-refractivity contribution in [2.45, 2.75) is 25.8 Å². The van der Waals surface area contributed by atoms with Crippen LogP contribution in [0.3, 0.4) is 0 Å². The van der Waals surface area contributed by atoms with Crippen molar-refractivity contribution >= 4 is 16.7 Å². The maximum Gasteiger partial charge on any atom is 0.176 e. The molecule has 132 valence electrons. The van der Waals surface area contributed by atoms with Gasteiger partial charge in [0.05, 0.1) is 19.0 Å². The van der Waals surface area contributed by atoms with E-state index in [1.807, 2.05) is 37.4 Å². The summed E-state index contributed by atoms with van der Waals surface area (Å²) < 4.78 is 0. The summed E-state index contributed by atoms with van der Waals surface area (Å²) in [5.74, 6) is -0.0151. The highest BCUT2D eigenvalue weighted by molar-refractivity contribution is 5.98. The maximum absolute atomic E-state index is 12.4. The molecule has 0 bridgehead atoms. The Hall–Kier alpha value is -3.10. The number of rotatable bonds is 7. The minimum absolute atomic E-state index is 0.0452. The van der Waals surface area contributed by atoms with Gasteiger partial charge in [-0.25, -0.2) is 0 Å². The summed E-state index contributed by atoms with van der Waals surface area (Å²) in [6.45, 7) is 2.26. The molecule has 2 aromatic carbocycles. The lowest BCUT2D eigenvalue weighted by Crippen LogP contribution is -2.33. The van der Waals surface area contributed by atoms with E-state index in [0.717, 1.165) is 11.9 Å². The van der Waals surface area contributed by atoms with E-state index in [1.165, 1.54) is 17.0 Å². The topological polar surface area (TPSA) is 88.9 Å². The number of fused-ring (bicyclic) bond motifs is 1. The first-order valence-electron chi connectivity index (χ1n) is 8.59. The van der Waals surface area contributed by atoms with Crippen LogP contribution in [0.2, 0.25) is 0 Å². The minimum atomic E-state index is -0.0602.